The molecule has 1 fully saturated rings. The second-order valence-corrected chi connectivity index (χ2v) is 5.54. The molecule has 1 aliphatic rings. The molecule has 2 atom stereocenters. The Bertz CT molecular complexity index is 415. The Morgan fingerprint density at radius 2 is 1.62 bits per heavy atom. The van der Waals surface area contributed by atoms with Gasteiger partial charge in [0.25, 0.3) is 0 Å². The first-order chi connectivity index (χ1) is 9.69. The van der Waals surface area contributed by atoms with Crippen LogP contribution in [-0.2, 0) is 28.6 Å². The maximum absolute atomic E-state index is 12.1. The second kappa shape index (κ2) is 6.75. The Labute approximate surface area is 123 Å². The van der Waals surface area contributed by atoms with Gasteiger partial charge in [-0.1, -0.05) is 0 Å². The highest BCUT2D eigenvalue weighted by Crippen LogP contribution is 2.24. The van der Waals surface area contributed by atoms with E-state index in [1.165, 1.54) is 14.2 Å². The van der Waals surface area contributed by atoms with Gasteiger partial charge in [-0.2, -0.15) is 5.06 Å². The van der Waals surface area contributed by atoms with Crippen LogP contribution in [0.5, 0.6) is 0 Å². The number of esters is 2. The first-order valence-corrected chi connectivity index (χ1v) is 6.54. The summed E-state index contributed by atoms with van der Waals surface area (Å²) in [4.78, 5) is 40.6. The van der Waals surface area contributed by atoms with Crippen molar-refractivity contribution < 1.29 is 33.4 Å². The molecule has 0 spiro atoms. The number of hydroxylamine groups is 2. The van der Waals surface area contributed by atoms with Crippen molar-refractivity contribution in [2.24, 2.45) is 0 Å². The average Bonchev–Trinajstić information content (AvgIpc) is 2.43. The zero-order valence-electron chi connectivity index (χ0n) is 12.9. The number of nitrogens with zero attached hydrogens (tertiary/aromatic N) is 1. The number of ether oxygens (including phenoxy) is 3. The van der Waals surface area contributed by atoms with Crippen molar-refractivity contribution in [3.05, 3.63) is 0 Å². The SMILES string of the molecule is COC(=O)[C@H]1CC[C@@H](C(=O)OC)N(C(=O)OC(C)(C)C)O1. The van der Waals surface area contributed by atoms with Gasteiger partial charge in [0.15, 0.2) is 12.1 Å². The van der Waals surface area contributed by atoms with E-state index >= 15 is 0 Å². The number of hydrogen-bond donors (Lipinski definition) is 0. The Morgan fingerprint density at radius 1 is 1.05 bits per heavy atom. The predicted octanol–water partition coefficient (Wildman–Crippen LogP) is 1.03. The molecular weight excluding hydrogens is 282 g/mol. The highest BCUT2D eigenvalue weighted by Gasteiger charge is 2.42. The summed E-state index contributed by atoms with van der Waals surface area (Å²) in [5, 5.41) is 0.752. The highest BCUT2D eigenvalue weighted by molar-refractivity contribution is 5.82. The summed E-state index contributed by atoms with van der Waals surface area (Å²) < 4.78 is 14.4. The molecule has 21 heavy (non-hydrogen) atoms. The molecule has 0 N–H and O–H groups in total. The van der Waals surface area contributed by atoms with Gasteiger partial charge in [0.05, 0.1) is 14.2 Å². The number of carbonyl (C=O) groups is 3. The number of amides is 1. The lowest BCUT2D eigenvalue weighted by molar-refractivity contribution is -0.237. The molecule has 8 nitrogen and oxygen atoms in total. The lowest BCUT2D eigenvalue weighted by Gasteiger charge is -2.36. The van der Waals surface area contributed by atoms with Crippen molar-refractivity contribution in [1.29, 1.82) is 0 Å². The van der Waals surface area contributed by atoms with E-state index in [9.17, 15) is 14.4 Å². The van der Waals surface area contributed by atoms with Crippen LogP contribution in [0.25, 0.3) is 0 Å². The van der Waals surface area contributed by atoms with Crippen LogP contribution in [0.1, 0.15) is 33.6 Å². The molecular formula is C13H21NO7. The van der Waals surface area contributed by atoms with E-state index in [4.69, 9.17) is 9.57 Å². The molecule has 1 aliphatic heterocycles. The largest absolute Gasteiger partial charge is 0.467 e. The standard InChI is InChI=1S/C13H21NO7/c1-13(2,3)20-12(17)14-8(10(15)18-4)6-7-9(21-14)11(16)19-5/h8-9H,6-7H2,1-5H3/t8-,9+/m0/s1. The van der Waals surface area contributed by atoms with Crippen molar-refractivity contribution in [1.82, 2.24) is 5.06 Å². The Hall–Kier alpha value is -1.83. The number of carbonyl (C=O) groups excluding carboxylic acids is 3. The van der Waals surface area contributed by atoms with Crippen molar-refractivity contribution in [2.45, 2.75) is 51.4 Å². The van der Waals surface area contributed by atoms with E-state index in [2.05, 4.69) is 9.47 Å². The quantitative estimate of drug-likeness (QED) is 0.555. The fraction of sp³-hybridized carbons (Fsp3) is 0.769. The zero-order valence-corrected chi connectivity index (χ0v) is 12.9. The Kier molecular flexibility index (Phi) is 5.54. The summed E-state index contributed by atoms with van der Waals surface area (Å²) in [7, 11) is 2.43. The number of methoxy groups -OCH3 is 2. The third kappa shape index (κ3) is 4.59. The number of rotatable bonds is 2. The van der Waals surface area contributed by atoms with Crippen LogP contribution in [-0.4, -0.2) is 55.1 Å². The fourth-order valence-electron chi connectivity index (χ4n) is 1.81. The van der Waals surface area contributed by atoms with Gasteiger partial charge >= 0.3 is 18.0 Å². The van der Waals surface area contributed by atoms with Crippen molar-refractivity contribution in [3.63, 3.8) is 0 Å². The maximum Gasteiger partial charge on any atom is 0.435 e. The highest BCUT2D eigenvalue weighted by atomic mass is 16.8. The Balaban J connectivity index is 2.90. The van der Waals surface area contributed by atoms with Gasteiger partial charge in [0.2, 0.25) is 0 Å². The molecule has 1 saturated heterocycles. The van der Waals surface area contributed by atoms with E-state index in [1.54, 1.807) is 20.8 Å². The molecule has 0 aromatic carbocycles. The van der Waals surface area contributed by atoms with E-state index < -0.39 is 35.8 Å². The third-order valence-corrected chi connectivity index (χ3v) is 2.74. The smallest absolute Gasteiger partial charge is 0.435 e. The van der Waals surface area contributed by atoms with Crippen LogP contribution in [0.15, 0.2) is 0 Å². The van der Waals surface area contributed by atoms with Gasteiger partial charge in [-0.25, -0.2) is 14.4 Å². The summed E-state index contributed by atoms with van der Waals surface area (Å²) in [5.41, 5.74) is -0.765. The molecule has 0 aliphatic carbocycles. The molecule has 0 aromatic heterocycles. The van der Waals surface area contributed by atoms with E-state index in [-0.39, 0.29) is 12.8 Å². The maximum atomic E-state index is 12.1. The summed E-state index contributed by atoms with van der Waals surface area (Å²) >= 11 is 0. The summed E-state index contributed by atoms with van der Waals surface area (Å²) in [6.45, 7) is 5.04. The predicted molar refractivity (Wildman–Crippen MR) is 70.0 cm³/mol. The first kappa shape index (κ1) is 17.2. The topological polar surface area (TPSA) is 91.4 Å². The van der Waals surface area contributed by atoms with Gasteiger partial charge in [-0.15, -0.1) is 0 Å². The van der Waals surface area contributed by atoms with Crippen molar-refractivity contribution in [3.8, 4) is 0 Å². The van der Waals surface area contributed by atoms with Gasteiger partial charge in [-0.3, -0.25) is 4.84 Å². The van der Waals surface area contributed by atoms with Crippen LogP contribution in [0.4, 0.5) is 4.79 Å². The second-order valence-electron chi connectivity index (χ2n) is 5.54. The number of hydrogen-bond acceptors (Lipinski definition) is 7. The lowest BCUT2D eigenvalue weighted by atomic mass is 10.1. The fourth-order valence-corrected chi connectivity index (χ4v) is 1.81. The minimum absolute atomic E-state index is 0.214. The van der Waals surface area contributed by atoms with E-state index in [1.807, 2.05) is 0 Å². The molecule has 0 aromatic rings. The monoisotopic (exact) mass is 303 g/mol. The van der Waals surface area contributed by atoms with Crippen LogP contribution in [0, 0.1) is 0 Å². The normalized spacial score (nSPS) is 22.4. The minimum Gasteiger partial charge on any atom is -0.467 e. The molecule has 1 rings (SSSR count). The third-order valence-electron chi connectivity index (χ3n) is 2.74. The van der Waals surface area contributed by atoms with E-state index in [0.717, 1.165) is 5.06 Å². The van der Waals surface area contributed by atoms with Crippen LogP contribution in [0.3, 0.4) is 0 Å². The summed E-state index contributed by atoms with van der Waals surface area (Å²) in [6, 6.07) is -0.953. The molecule has 1 amide bonds. The average molecular weight is 303 g/mol. The first-order valence-electron chi connectivity index (χ1n) is 6.54. The van der Waals surface area contributed by atoms with Crippen LogP contribution < -0.4 is 0 Å². The van der Waals surface area contributed by atoms with Crippen molar-refractivity contribution in [2.75, 3.05) is 14.2 Å². The Morgan fingerprint density at radius 3 is 2.10 bits per heavy atom. The summed E-state index contributed by atoms with van der Waals surface area (Å²) in [5.74, 6) is -1.25. The molecule has 120 valence electrons. The molecule has 1 heterocycles. The van der Waals surface area contributed by atoms with Gasteiger partial charge in [-0.05, 0) is 33.6 Å². The van der Waals surface area contributed by atoms with Crippen LogP contribution >= 0.6 is 0 Å². The minimum atomic E-state index is -0.955. The van der Waals surface area contributed by atoms with Gasteiger partial charge in [0, 0.05) is 0 Å². The molecule has 0 saturated carbocycles. The molecule has 8 heteroatoms. The molecule has 0 bridgehead atoms. The van der Waals surface area contributed by atoms with Gasteiger partial charge < -0.3 is 14.2 Å². The van der Waals surface area contributed by atoms with Crippen molar-refractivity contribution >= 4 is 18.0 Å². The summed E-state index contributed by atoms with van der Waals surface area (Å²) in [6.07, 6.45) is -1.35. The molecule has 0 radical (unpaired) electrons. The van der Waals surface area contributed by atoms with Gasteiger partial charge in [0.1, 0.15) is 5.60 Å². The zero-order chi connectivity index (χ0) is 16.2. The molecule has 0 unspecified atom stereocenters. The lowest BCUT2D eigenvalue weighted by Crippen LogP contribution is -2.54. The van der Waals surface area contributed by atoms with Crippen LogP contribution in [0.2, 0.25) is 0 Å². The van der Waals surface area contributed by atoms with E-state index in [0.29, 0.717) is 0 Å².